The third-order valence-corrected chi connectivity index (χ3v) is 9.10. The maximum Gasteiger partial charge on any atom is 0.166 e. The summed E-state index contributed by atoms with van der Waals surface area (Å²) in [4.78, 5) is 31.6. The first-order valence-electron chi connectivity index (χ1n) is 14.7. The van der Waals surface area contributed by atoms with E-state index in [2.05, 4.69) is 22.3 Å². The van der Waals surface area contributed by atoms with Gasteiger partial charge in [0.15, 0.2) is 23.1 Å². The highest BCUT2D eigenvalue weighted by molar-refractivity contribution is 7.22. The van der Waals surface area contributed by atoms with E-state index in [0.29, 0.717) is 29.7 Å². The van der Waals surface area contributed by atoms with Gasteiger partial charge in [-0.3, -0.25) is 19.3 Å². The quantitative estimate of drug-likeness (QED) is 0.108. The van der Waals surface area contributed by atoms with Gasteiger partial charge in [-0.25, -0.2) is 8.78 Å². The molecule has 1 saturated carbocycles. The van der Waals surface area contributed by atoms with E-state index >= 15 is 4.39 Å². The summed E-state index contributed by atoms with van der Waals surface area (Å²) in [6.45, 7) is 4.72. The van der Waals surface area contributed by atoms with Gasteiger partial charge in [-0.1, -0.05) is 25.1 Å². The smallest absolute Gasteiger partial charge is 0.166 e. The van der Waals surface area contributed by atoms with Crippen molar-refractivity contribution in [2.45, 2.75) is 45.6 Å². The van der Waals surface area contributed by atoms with Gasteiger partial charge < -0.3 is 10.1 Å². The Labute approximate surface area is 257 Å². The SMILES string of the molecule is CCCNCCn1cc(-c2cc3nccc(Oc4ccc(CC(=O)C5(C(=O)Cc6ccc(F)cc6)CC5)cc4F)c3s2)cn1. The van der Waals surface area contributed by atoms with E-state index in [4.69, 9.17) is 4.74 Å². The molecule has 10 heteroatoms. The van der Waals surface area contributed by atoms with Gasteiger partial charge >= 0.3 is 0 Å². The molecule has 226 valence electrons. The monoisotopic (exact) mass is 614 g/mol. The number of carbonyl (C=O) groups excluding carboxylic acids is 2. The van der Waals surface area contributed by atoms with Crippen LogP contribution in [-0.4, -0.2) is 39.4 Å². The minimum atomic E-state index is -1.04. The summed E-state index contributed by atoms with van der Waals surface area (Å²) in [7, 11) is 0. The topological polar surface area (TPSA) is 86.1 Å². The summed E-state index contributed by atoms with van der Waals surface area (Å²) in [6.07, 6.45) is 7.51. The minimum absolute atomic E-state index is 0.0320. The van der Waals surface area contributed by atoms with Crippen molar-refractivity contribution in [1.82, 2.24) is 20.1 Å². The van der Waals surface area contributed by atoms with Crippen molar-refractivity contribution in [3.63, 3.8) is 0 Å². The van der Waals surface area contributed by atoms with E-state index in [-0.39, 0.29) is 36.0 Å². The summed E-state index contributed by atoms with van der Waals surface area (Å²) < 4.78 is 37.2. The van der Waals surface area contributed by atoms with E-state index in [0.717, 1.165) is 46.7 Å². The Morgan fingerprint density at radius 3 is 2.45 bits per heavy atom. The lowest BCUT2D eigenvalue weighted by Gasteiger charge is -2.14. The Kier molecular flexibility index (Phi) is 8.63. The van der Waals surface area contributed by atoms with Crippen LogP contribution in [0.25, 0.3) is 20.7 Å². The van der Waals surface area contributed by atoms with Gasteiger partial charge in [0.05, 0.1) is 28.4 Å². The largest absolute Gasteiger partial charge is 0.453 e. The van der Waals surface area contributed by atoms with Crippen molar-refractivity contribution in [3.8, 4) is 21.9 Å². The number of aromatic nitrogens is 3. The summed E-state index contributed by atoms with van der Waals surface area (Å²) in [6, 6.07) is 13.8. The van der Waals surface area contributed by atoms with E-state index in [1.165, 1.54) is 35.6 Å². The molecule has 0 unspecified atom stereocenters. The van der Waals surface area contributed by atoms with Crippen molar-refractivity contribution < 1.29 is 23.1 Å². The summed E-state index contributed by atoms with van der Waals surface area (Å²) >= 11 is 1.50. The number of ketones is 2. The number of hydrogen-bond acceptors (Lipinski definition) is 7. The van der Waals surface area contributed by atoms with Gasteiger partial charge in [-0.2, -0.15) is 5.10 Å². The number of rotatable bonds is 14. The van der Waals surface area contributed by atoms with Crippen molar-refractivity contribution in [1.29, 1.82) is 0 Å². The number of benzene rings is 2. The zero-order valence-electron chi connectivity index (χ0n) is 24.3. The first-order valence-corrected chi connectivity index (χ1v) is 15.6. The van der Waals surface area contributed by atoms with Crippen LogP contribution in [0, 0.1) is 17.0 Å². The Morgan fingerprint density at radius 1 is 0.977 bits per heavy atom. The average molecular weight is 615 g/mol. The van der Waals surface area contributed by atoms with Crippen molar-refractivity contribution in [3.05, 3.63) is 95.9 Å². The molecule has 2 aromatic carbocycles. The van der Waals surface area contributed by atoms with Crippen LogP contribution in [0.4, 0.5) is 8.78 Å². The molecule has 0 saturated heterocycles. The lowest BCUT2D eigenvalue weighted by atomic mass is 9.88. The van der Waals surface area contributed by atoms with Crippen LogP contribution >= 0.6 is 11.3 Å². The zero-order chi connectivity index (χ0) is 30.7. The number of ether oxygens (including phenoxy) is 1. The van der Waals surface area contributed by atoms with Crippen LogP contribution in [0.1, 0.15) is 37.3 Å². The normalized spacial score (nSPS) is 13.7. The third-order valence-electron chi connectivity index (χ3n) is 7.91. The lowest BCUT2D eigenvalue weighted by Crippen LogP contribution is -2.28. The van der Waals surface area contributed by atoms with Gasteiger partial charge in [0.1, 0.15) is 11.6 Å². The first kappa shape index (κ1) is 29.8. The molecule has 5 aromatic rings. The third kappa shape index (κ3) is 6.46. The first-order chi connectivity index (χ1) is 21.3. The number of Topliss-reactive ketones (excluding diaryl/α,β-unsaturated/α-hetero) is 2. The molecule has 3 heterocycles. The standard InChI is InChI=1S/C34H32F2N4O3S/c1-2-12-37-14-15-40-21-24(20-39-40)30-19-27-33(44-30)29(9-13-38-27)43-28-8-5-23(16-26(28)36)18-32(42)34(10-11-34)31(41)17-22-3-6-25(35)7-4-22/h3-9,13,16,19-21,37H,2,10-12,14-15,17-18H2,1H3. The molecule has 1 fully saturated rings. The van der Waals surface area contributed by atoms with E-state index < -0.39 is 11.2 Å². The molecule has 0 radical (unpaired) electrons. The van der Waals surface area contributed by atoms with Crippen molar-refractivity contribution >= 4 is 33.1 Å². The number of thiophene rings is 1. The molecule has 0 bridgehead atoms. The summed E-state index contributed by atoms with van der Waals surface area (Å²) in [5.74, 6) is -0.866. The number of fused-ring (bicyclic) bond motifs is 1. The highest BCUT2D eigenvalue weighted by Gasteiger charge is 2.54. The number of halogens is 2. The van der Waals surface area contributed by atoms with Crippen LogP contribution in [0.2, 0.25) is 0 Å². The fourth-order valence-corrected chi connectivity index (χ4v) is 6.29. The molecule has 0 amide bonds. The molecule has 7 nitrogen and oxygen atoms in total. The second-order valence-corrected chi connectivity index (χ2v) is 12.2. The number of carbonyl (C=O) groups is 2. The van der Waals surface area contributed by atoms with Gasteiger partial charge in [-0.15, -0.1) is 11.3 Å². The fourth-order valence-electron chi connectivity index (χ4n) is 5.25. The molecule has 3 aromatic heterocycles. The molecule has 1 N–H and O–H groups in total. The van der Waals surface area contributed by atoms with Gasteiger partial charge in [0.25, 0.3) is 0 Å². The number of nitrogens with zero attached hydrogens (tertiary/aromatic N) is 3. The van der Waals surface area contributed by atoms with Crippen molar-refractivity contribution in [2.24, 2.45) is 5.41 Å². The predicted octanol–water partition coefficient (Wildman–Crippen LogP) is 6.93. The number of hydrogen-bond donors (Lipinski definition) is 1. The molecule has 0 aliphatic heterocycles. The second kappa shape index (κ2) is 12.8. The van der Waals surface area contributed by atoms with Crippen molar-refractivity contribution in [2.75, 3.05) is 13.1 Å². The average Bonchev–Trinajstić information content (AvgIpc) is 3.50. The summed E-state index contributed by atoms with van der Waals surface area (Å²) in [5.41, 5.74) is 1.81. The molecule has 1 aliphatic carbocycles. The zero-order valence-corrected chi connectivity index (χ0v) is 25.1. The molecule has 44 heavy (non-hydrogen) atoms. The van der Waals surface area contributed by atoms with E-state index in [1.54, 1.807) is 30.5 Å². The van der Waals surface area contributed by atoms with Crippen LogP contribution in [0.15, 0.2) is 73.2 Å². The van der Waals surface area contributed by atoms with Crippen LogP contribution in [-0.2, 0) is 29.0 Å². The molecule has 6 rings (SSSR count). The molecule has 0 atom stereocenters. The molecule has 0 spiro atoms. The second-order valence-electron chi connectivity index (χ2n) is 11.2. The Morgan fingerprint density at radius 2 is 1.73 bits per heavy atom. The molecular formula is C34H32F2N4O3S. The molecular weight excluding hydrogens is 582 g/mol. The number of nitrogens with one attached hydrogen (secondary N) is 1. The summed E-state index contributed by atoms with van der Waals surface area (Å²) in [5, 5.41) is 7.84. The maximum absolute atomic E-state index is 15.2. The van der Waals surface area contributed by atoms with E-state index in [9.17, 15) is 14.0 Å². The maximum atomic E-state index is 15.2. The van der Waals surface area contributed by atoms with E-state index in [1.807, 2.05) is 23.1 Å². The number of pyridine rings is 1. The van der Waals surface area contributed by atoms with Gasteiger partial charge in [-0.05, 0) is 67.3 Å². The Balaban J connectivity index is 1.12. The predicted molar refractivity (Wildman–Crippen MR) is 166 cm³/mol. The van der Waals surface area contributed by atoms with Crippen LogP contribution < -0.4 is 10.1 Å². The van der Waals surface area contributed by atoms with Gasteiger partial charge in [0, 0.05) is 48.3 Å². The Bertz CT molecular complexity index is 1810. The van der Waals surface area contributed by atoms with Crippen LogP contribution in [0.5, 0.6) is 11.5 Å². The Hall–Kier alpha value is -4.28. The minimum Gasteiger partial charge on any atom is -0.453 e. The highest BCUT2D eigenvalue weighted by atomic mass is 32.1. The molecule has 1 aliphatic rings. The lowest BCUT2D eigenvalue weighted by molar-refractivity contribution is -0.133. The van der Waals surface area contributed by atoms with Crippen LogP contribution in [0.3, 0.4) is 0 Å². The highest BCUT2D eigenvalue weighted by Crippen LogP contribution is 2.49. The van der Waals surface area contributed by atoms with Gasteiger partial charge in [0.2, 0.25) is 0 Å². The fraction of sp³-hybridized carbons (Fsp3) is 0.294.